The normalized spacial score (nSPS) is 12.3. The summed E-state index contributed by atoms with van der Waals surface area (Å²) in [6, 6.07) is 14.2. The van der Waals surface area contributed by atoms with Gasteiger partial charge in [-0.05, 0) is 43.3 Å². The lowest BCUT2D eigenvalue weighted by Crippen LogP contribution is -2.30. The zero-order valence-corrected chi connectivity index (χ0v) is 14.2. The van der Waals surface area contributed by atoms with Gasteiger partial charge in [-0.1, -0.05) is 12.1 Å². The smallest absolute Gasteiger partial charge is 0.328 e. The van der Waals surface area contributed by atoms with Gasteiger partial charge in [-0.2, -0.15) is 0 Å². The number of aliphatic hydroxyl groups excluding tert-OH is 1. The molecular formula is C19H20N2O4. The first kappa shape index (κ1) is 17.0. The molecular weight excluding hydrogens is 320 g/mol. The lowest BCUT2D eigenvalue weighted by Gasteiger charge is -2.13. The Morgan fingerprint density at radius 3 is 2.40 bits per heavy atom. The van der Waals surface area contributed by atoms with E-state index in [0.29, 0.717) is 11.3 Å². The summed E-state index contributed by atoms with van der Waals surface area (Å²) < 4.78 is 8.65. The van der Waals surface area contributed by atoms with Crippen molar-refractivity contribution in [1.29, 1.82) is 0 Å². The summed E-state index contributed by atoms with van der Waals surface area (Å²) in [4.78, 5) is 23.6. The monoisotopic (exact) mass is 340 g/mol. The molecule has 0 unspecified atom stereocenters. The average molecular weight is 340 g/mol. The van der Waals surface area contributed by atoms with Crippen LogP contribution in [0.25, 0.3) is 11.0 Å². The van der Waals surface area contributed by atoms with Gasteiger partial charge in [0.25, 0.3) is 0 Å². The van der Waals surface area contributed by atoms with Crippen LogP contribution in [-0.4, -0.2) is 32.7 Å². The van der Waals surface area contributed by atoms with Crippen LogP contribution in [0.15, 0.2) is 53.3 Å². The summed E-state index contributed by atoms with van der Waals surface area (Å²) >= 11 is 0. The number of para-hydroxylation sites is 2. The van der Waals surface area contributed by atoms with Crippen LogP contribution in [0.1, 0.15) is 17.3 Å². The molecule has 1 aromatic heterocycles. The van der Waals surface area contributed by atoms with Crippen molar-refractivity contribution >= 4 is 16.8 Å². The van der Waals surface area contributed by atoms with Gasteiger partial charge >= 0.3 is 5.69 Å². The van der Waals surface area contributed by atoms with Crippen molar-refractivity contribution in [2.75, 3.05) is 6.61 Å². The van der Waals surface area contributed by atoms with Crippen molar-refractivity contribution < 1.29 is 14.6 Å². The molecule has 3 aromatic rings. The number of aliphatic hydroxyl groups is 1. The lowest BCUT2D eigenvalue weighted by molar-refractivity contribution is 0.0924. The molecule has 0 radical (unpaired) electrons. The molecule has 3 rings (SSSR count). The third-order valence-electron chi connectivity index (χ3n) is 4.15. The second-order valence-electron chi connectivity index (χ2n) is 5.99. The number of aromatic nitrogens is 2. The van der Waals surface area contributed by atoms with Gasteiger partial charge in [0.15, 0.2) is 5.78 Å². The molecule has 0 saturated carbocycles. The molecule has 0 aliphatic rings. The molecule has 0 bridgehead atoms. The quantitative estimate of drug-likeness (QED) is 0.697. The maximum Gasteiger partial charge on any atom is 0.328 e. The molecule has 25 heavy (non-hydrogen) atoms. The van der Waals surface area contributed by atoms with Crippen molar-refractivity contribution in [3.8, 4) is 5.75 Å². The second-order valence-corrected chi connectivity index (χ2v) is 5.99. The predicted molar refractivity (Wildman–Crippen MR) is 95.1 cm³/mol. The van der Waals surface area contributed by atoms with E-state index in [9.17, 15) is 14.7 Å². The fourth-order valence-corrected chi connectivity index (χ4v) is 2.78. The Balaban J connectivity index is 1.69. The van der Waals surface area contributed by atoms with E-state index in [4.69, 9.17) is 4.74 Å². The second kappa shape index (κ2) is 6.94. The number of Topliss-reactive ketones (excluding diaryl/α,β-unsaturated/α-hetero) is 1. The molecule has 0 aliphatic heterocycles. The van der Waals surface area contributed by atoms with Crippen LogP contribution in [0.2, 0.25) is 0 Å². The minimum Gasteiger partial charge on any atom is -0.491 e. The summed E-state index contributed by atoms with van der Waals surface area (Å²) in [6.45, 7) is 1.70. The summed E-state index contributed by atoms with van der Waals surface area (Å²) in [6.07, 6.45) is -0.837. The number of fused-ring (bicyclic) bond motifs is 1. The van der Waals surface area contributed by atoms with Crippen molar-refractivity contribution in [3.63, 3.8) is 0 Å². The van der Waals surface area contributed by atoms with Crippen molar-refractivity contribution in [1.82, 2.24) is 9.13 Å². The molecule has 0 spiro atoms. The summed E-state index contributed by atoms with van der Waals surface area (Å²) in [5, 5.41) is 10.3. The highest BCUT2D eigenvalue weighted by atomic mass is 16.5. The van der Waals surface area contributed by atoms with Crippen LogP contribution in [-0.2, 0) is 13.6 Å². The maximum absolute atomic E-state index is 12.3. The first-order valence-electron chi connectivity index (χ1n) is 8.03. The van der Waals surface area contributed by atoms with Crippen LogP contribution in [0.3, 0.4) is 0 Å². The molecule has 1 N–H and O–H groups in total. The fourth-order valence-electron chi connectivity index (χ4n) is 2.78. The number of benzene rings is 2. The number of aryl methyl sites for hydroxylation is 1. The van der Waals surface area contributed by atoms with E-state index in [1.807, 2.05) is 24.3 Å². The highest BCUT2D eigenvalue weighted by Gasteiger charge is 2.14. The zero-order valence-electron chi connectivity index (χ0n) is 14.2. The van der Waals surface area contributed by atoms with E-state index in [2.05, 4.69) is 0 Å². The van der Waals surface area contributed by atoms with Crippen LogP contribution >= 0.6 is 0 Å². The van der Waals surface area contributed by atoms with Crippen LogP contribution in [0.5, 0.6) is 5.75 Å². The largest absolute Gasteiger partial charge is 0.491 e. The van der Waals surface area contributed by atoms with Crippen molar-refractivity contribution in [3.05, 3.63) is 64.6 Å². The number of ether oxygens (including phenoxy) is 1. The third-order valence-corrected chi connectivity index (χ3v) is 4.15. The Hall–Kier alpha value is -2.86. The summed E-state index contributed by atoms with van der Waals surface area (Å²) in [5.41, 5.74) is 2.03. The molecule has 130 valence electrons. The van der Waals surface area contributed by atoms with E-state index in [1.165, 1.54) is 6.92 Å². The lowest BCUT2D eigenvalue weighted by atomic mass is 10.1. The molecule has 1 heterocycles. The van der Waals surface area contributed by atoms with Crippen LogP contribution < -0.4 is 10.4 Å². The molecule has 0 amide bonds. The topological polar surface area (TPSA) is 73.5 Å². The van der Waals surface area contributed by atoms with E-state index in [0.717, 1.165) is 11.0 Å². The molecule has 6 nitrogen and oxygen atoms in total. The third kappa shape index (κ3) is 3.49. The van der Waals surface area contributed by atoms with Gasteiger partial charge in [0.05, 0.1) is 17.6 Å². The number of ketones is 1. The molecule has 6 heteroatoms. The van der Waals surface area contributed by atoms with E-state index in [-0.39, 0.29) is 24.6 Å². The Morgan fingerprint density at radius 1 is 1.12 bits per heavy atom. The number of imidazole rings is 1. The minimum atomic E-state index is -0.837. The van der Waals surface area contributed by atoms with Crippen molar-refractivity contribution in [2.45, 2.75) is 19.6 Å². The predicted octanol–water partition coefficient (Wildman–Crippen LogP) is 1.98. The van der Waals surface area contributed by atoms with Crippen LogP contribution in [0.4, 0.5) is 0 Å². The first-order chi connectivity index (χ1) is 12.0. The average Bonchev–Trinajstić information content (AvgIpc) is 2.85. The van der Waals surface area contributed by atoms with Gasteiger partial charge in [-0.25, -0.2) is 4.79 Å². The number of carbonyl (C=O) groups excluding carboxylic acids is 1. The summed E-state index contributed by atoms with van der Waals surface area (Å²) in [7, 11) is 1.71. The molecule has 0 saturated heterocycles. The number of hydrogen-bond donors (Lipinski definition) is 1. The highest BCUT2D eigenvalue weighted by molar-refractivity contribution is 5.94. The van der Waals surface area contributed by atoms with Gasteiger partial charge in [-0.15, -0.1) is 0 Å². The summed E-state index contributed by atoms with van der Waals surface area (Å²) in [5.74, 6) is 0.552. The van der Waals surface area contributed by atoms with Crippen molar-refractivity contribution in [2.24, 2.45) is 7.05 Å². The molecule has 2 aromatic carbocycles. The Kier molecular flexibility index (Phi) is 4.72. The minimum absolute atomic E-state index is 0.0121. The Bertz CT molecular complexity index is 954. The van der Waals surface area contributed by atoms with Gasteiger partial charge in [-0.3, -0.25) is 13.9 Å². The zero-order chi connectivity index (χ0) is 18.0. The Morgan fingerprint density at radius 2 is 1.76 bits per heavy atom. The first-order valence-corrected chi connectivity index (χ1v) is 8.03. The molecule has 1 atom stereocenters. The van der Waals surface area contributed by atoms with Gasteiger partial charge < -0.3 is 9.84 Å². The standard InChI is InChI=1S/C19H20N2O4/c1-13(22)14-7-9-16(10-8-14)25-12-15(23)11-21-18-6-4-3-5-17(18)20(2)19(21)24/h3-10,15,23H,11-12H2,1-2H3/t15-/m1/s1. The van der Waals surface area contributed by atoms with Gasteiger partial charge in [0.2, 0.25) is 0 Å². The number of rotatable bonds is 6. The highest BCUT2D eigenvalue weighted by Crippen LogP contribution is 2.14. The van der Waals surface area contributed by atoms with E-state index in [1.54, 1.807) is 40.4 Å². The van der Waals surface area contributed by atoms with E-state index >= 15 is 0 Å². The van der Waals surface area contributed by atoms with Crippen LogP contribution in [0, 0.1) is 0 Å². The SMILES string of the molecule is CC(=O)c1ccc(OC[C@H](O)Cn2c(=O)n(C)c3ccccc32)cc1. The van der Waals surface area contributed by atoms with Gasteiger partial charge in [0, 0.05) is 12.6 Å². The Labute approximate surface area is 144 Å². The fraction of sp³-hybridized carbons (Fsp3) is 0.263. The number of hydrogen-bond acceptors (Lipinski definition) is 4. The molecule has 0 aliphatic carbocycles. The maximum atomic E-state index is 12.3. The van der Waals surface area contributed by atoms with Gasteiger partial charge in [0.1, 0.15) is 18.5 Å². The van der Waals surface area contributed by atoms with E-state index < -0.39 is 6.10 Å². The number of carbonyl (C=O) groups is 1. The molecule has 0 fully saturated rings. The number of nitrogens with zero attached hydrogens (tertiary/aromatic N) is 2.